The molecule has 0 aliphatic carbocycles. The van der Waals surface area contributed by atoms with Gasteiger partial charge in [0.2, 0.25) is 5.91 Å². The van der Waals surface area contributed by atoms with E-state index in [9.17, 15) is 4.79 Å². The van der Waals surface area contributed by atoms with Crippen molar-refractivity contribution in [1.82, 2.24) is 15.3 Å². The van der Waals surface area contributed by atoms with Gasteiger partial charge in [0.25, 0.3) is 0 Å². The lowest BCUT2D eigenvalue weighted by molar-refractivity contribution is -0.118. The van der Waals surface area contributed by atoms with Crippen molar-refractivity contribution < 1.29 is 9.21 Å². The summed E-state index contributed by atoms with van der Waals surface area (Å²) in [5.74, 6) is 1.50. The molecule has 2 heterocycles. The van der Waals surface area contributed by atoms with Crippen LogP contribution in [0, 0.1) is 0 Å². The quantitative estimate of drug-likeness (QED) is 0.554. The Kier molecular flexibility index (Phi) is 4.92. The molecule has 0 aliphatic rings. The van der Waals surface area contributed by atoms with Gasteiger partial charge in [-0.1, -0.05) is 36.9 Å². The summed E-state index contributed by atoms with van der Waals surface area (Å²) in [6, 6.07) is 11.4. The Morgan fingerprint density at radius 2 is 2.09 bits per heavy atom. The van der Waals surface area contributed by atoms with Crippen LogP contribution >= 0.6 is 11.8 Å². The fourth-order valence-electron chi connectivity index (χ4n) is 2.12. The van der Waals surface area contributed by atoms with Gasteiger partial charge in [0.05, 0.1) is 17.5 Å². The van der Waals surface area contributed by atoms with E-state index in [2.05, 4.69) is 15.3 Å². The van der Waals surface area contributed by atoms with Crippen LogP contribution in [0.25, 0.3) is 22.5 Å². The van der Waals surface area contributed by atoms with Gasteiger partial charge in [-0.05, 0) is 24.6 Å². The highest BCUT2D eigenvalue weighted by molar-refractivity contribution is 8.00. The van der Waals surface area contributed by atoms with E-state index < -0.39 is 0 Å². The molecule has 0 aliphatic heterocycles. The maximum Gasteiger partial charge on any atom is 0.230 e. The Morgan fingerprint density at radius 3 is 2.87 bits per heavy atom. The predicted octanol–water partition coefficient (Wildman–Crippen LogP) is 3.51. The van der Waals surface area contributed by atoms with Crippen LogP contribution in [-0.4, -0.2) is 28.2 Å². The van der Waals surface area contributed by atoms with E-state index in [1.54, 1.807) is 12.3 Å². The molecule has 0 bridgehead atoms. The van der Waals surface area contributed by atoms with E-state index in [1.165, 1.54) is 11.8 Å². The Balaban J connectivity index is 1.90. The van der Waals surface area contributed by atoms with Gasteiger partial charge >= 0.3 is 0 Å². The normalized spacial score (nSPS) is 10.8. The van der Waals surface area contributed by atoms with Gasteiger partial charge in [0, 0.05) is 11.9 Å². The van der Waals surface area contributed by atoms with Crippen molar-refractivity contribution in [2.75, 3.05) is 12.3 Å². The Bertz CT molecular complexity index is 803. The molecule has 23 heavy (non-hydrogen) atoms. The van der Waals surface area contributed by atoms with E-state index in [0.717, 1.165) is 22.3 Å². The highest BCUT2D eigenvalue weighted by atomic mass is 32.2. The first-order valence-electron chi connectivity index (χ1n) is 7.48. The van der Waals surface area contributed by atoms with Crippen LogP contribution in [-0.2, 0) is 4.79 Å². The number of amides is 1. The molecule has 1 aromatic carbocycles. The SMILES string of the molecule is CCCNC(=O)CSc1nc(-c2ccco2)nc2ccccc12. The first kappa shape index (κ1) is 15.6. The number of nitrogens with zero attached hydrogens (tertiary/aromatic N) is 2. The summed E-state index contributed by atoms with van der Waals surface area (Å²) < 4.78 is 5.39. The standard InChI is InChI=1S/C17H17N3O2S/c1-2-9-18-15(21)11-23-17-12-6-3-4-7-13(12)19-16(20-17)14-8-5-10-22-14/h3-8,10H,2,9,11H2,1H3,(H,18,21). The molecule has 0 atom stereocenters. The number of carbonyl (C=O) groups is 1. The fraction of sp³-hybridized carbons (Fsp3) is 0.235. The zero-order valence-electron chi connectivity index (χ0n) is 12.8. The third kappa shape index (κ3) is 3.71. The van der Waals surface area contributed by atoms with Gasteiger partial charge in [-0.15, -0.1) is 0 Å². The lowest BCUT2D eigenvalue weighted by Gasteiger charge is -2.07. The van der Waals surface area contributed by atoms with E-state index >= 15 is 0 Å². The monoisotopic (exact) mass is 327 g/mol. The maximum atomic E-state index is 11.8. The Morgan fingerprint density at radius 1 is 1.22 bits per heavy atom. The van der Waals surface area contributed by atoms with Crippen LogP contribution in [0.1, 0.15) is 13.3 Å². The summed E-state index contributed by atoms with van der Waals surface area (Å²) in [6.45, 7) is 2.72. The molecular formula is C17H17N3O2S. The van der Waals surface area contributed by atoms with Gasteiger partial charge in [0.15, 0.2) is 11.6 Å². The smallest absolute Gasteiger partial charge is 0.230 e. The van der Waals surface area contributed by atoms with Gasteiger partial charge in [-0.3, -0.25) is 4.79 Å². The van der Waals surface area contributed by atoms with Crippen molar-refractivity contribution >= 4 is 28.6 Å². The average molecular weight is 327 g/mol. The molecule has 1 N–H and O–H groups in total. The number of carbonyl (C=O) groups excluding carboxylic acids is 1. The van der Waals surface area contributed by atoms with Crippen molar-refractivity contribution in [1.29, 1.82) is 0 Å². The van der Waals surface area contributed by atoms with Crippen molar-refractivity contribution in [3.8, 4) is 11.6 Å². The van der Waals surface area contributed by atoms with E-state index in [4.69, 9.17) is 4.42 Å². The van der Waals surface area contributed by atoms with Gasteiger partial charge in [-0.25, -0.2) is 9.97 Å². The predicted molar refractivity (Wildman–Crippen MR) is 91.3 cm³/mol. The number of thioether (sulfide) groups is 1. The third-order valence-electron chi connectivity index (χ3n) is 3.22. The van der Waals surface area contributed by atoms with Crippen LogP contribution in [0.2, 0.25) is 0 Å². The lowest BCUT2D eigenvalue weighted by atomic mass is 10.2. The minimum Gasteiger partial charge on any atom is -0.461 e. The van der Waals surface area contributed by atoms with Gasteiger partial charge in [0.1, 0.15) is 5.03 Å². The summed E-state index contributed by atoms with van der Waals surface area (Å²) in [4.78, 5) is 20.9. The van der Waals surface area contributed by atoms with Crippen molar-refractivity contribution in [3.05, 3.63) is 42.7 Å². The minimum atomic E-state index is 0.0130. The molecule has 0 radical (unpaired) electrons. The number of hydrogen-bond donors (Lipinski definition) is 1. The zero-order valence-corrected chi connectivity index (χ0v) is 13.6. The summed E-state index contributed by atoms with van der Waals surface area (Å²) in [6.07, 6.45) is 2.52. The number of fused-ring (bicyclic) bond motifs is 1. The van der Waals surface area contributed by atoms with Crippen LogP contribution in [0.3, 0.4) is 0 Å². The fourth-order valence-corrected chi connectivity index (χ4v) is 2.97. The first-order valence-corrected chi connectivity index (χ1v) is 8.46. The lowest BCUT2D eigenvalue weighted by Crippen LogP contribution is -2.25. The Labute approximate surface area is 138 Å². The number of furan rings is 1. The van der Waals surface area contributed by atoms with E-state index in [0.29, 0.717) is 23.9 Å². The van der Waals surface area contributed by atoms with Crippen LogP contribution < -0.4 is 5.32 Å². The molecule has 6 heteroatoms. The summed E-state index contributed by atoms with van der Waals surface area (Å²) in [7, 11) is 0. The molecule has 3 aromatic rings. The molecule has 118 valence electrons. The number of benzene rings is 1. The number of aromatic nitrogens is 2. The summed E-state index contributed by atoms with van der Waals surface area (Å²) in [5.41, 5.74) is 0.838. The molecular weight excluding hydrogens is 310 g/mol. The third-order valence-corrected chi connectivity index (χ3v) is 4.21. The van der Waals surface area contributed by atoms with Crippen molar-refractivity contribution in [2.24, 2.45) is 0 Å². The molecule has 0 unspecified atom stereocenters. The number of para-hydroxylation sites is 1. The topological polar surface area (TPSA) is 68.0 Å². The molecule has 0 fully saturated rings. The second-order valence-electron chi connectivity index (χ2n) is 4.99. The second-order valence-corrected chi connectivity index (χ2v) is 5.95. The summed E-state index contributed by atoms with van der Waals surface area (Å²) in [5, 5.41) is 4.60. The molecule has 5 nitrogen and oxygen atoms in total. The molecule has 2 aromatic heterocycles. The highest BCUT2D eigenvalue weighted by Crippen LogP contribution is 2.28. The largest absolute Gasteiger partial charge is 0.461 e. The average Bonchev–Trinajstić information content (AvgIpc) is 3.12. The Hall–Kier alpha value is -2.34. The molecule has 0 spiro atoms. The number of hydrogen-bond acceptors (Lipinski definition) is 5. The number of rotatable bonds is 6. The highest BCUT2D eigenvalue weighted by Gasteiger charge is 2.12. The van der Waals surface area contributed by atoms with E-state index in [1.807, 2.05) is 37.3 Å². The van der Waals surface area contributed by atoms with Crippen LogP contribution in [0.4, 0.5) is 0 Å². The van der Waals surface area contributed by atoms with Gasteiger partial charge in [-0.2, -0.15) is 0 Å². The van der Waals surface area contributed by atoms with E-state index in [-0.39, 0.29) is 5.91 Å². The maximum absolute atomic E-state index is 11.8. The van der Waals surface area contributed by atoms with Crippen molar-refractivity contribution in [3.63, 3.8) is 0 Å². The van der Waals surface area contributed by atoms with Crippen LogP contribution in [0.15, 0.2) is 52.1 Å². The van der Waals surface area contributed by atoms with Crippen molar-refractivity contribution in [2.45, 2.75) is 18.4 Å². The zero-order chi connectivity index (χ0) is 16.1. The molecule has 1 amide bonds. The minimum absolute atomic E-state index is 0.0130. The first-order chi connectivity index (χ1) is 11.3. The van der Waals surface area contributed by atoms with Crippen LogP contribution in [0.5, 0.6) is 0 Å². The van der Waals surface area contributed by atoms with Gasteiger partial charge < -0.3 is 9.73 Å². The summed E-state index contributed by atoms with van der Waals surface area (Å²) >= 11 is 1.42. The molecule has 0 saturated carbocycles. The molecule has 0 saturated heterocycles. The molecule has 3 rings (SSSR count). The number of nitrogens with one attached hydrogen (secondary N) is 1. The second kappa shape index (κ2) is 7.28.